The lowest BCUT2D eigenvalue weighted by molar-refractivity contribution is -0.151. The van der Waals surface area contributed by atoms with Gasteiger partial charge in [0.2, 0.25) is 0 Å². The van der Waals surface area contributed by atoms with Gasteiger partial charge in [0.05, 0.1) is 13.0 Å². The van der Waals surface area contributed by atoms with Crippen LogP contribution in [0.3, 0.4) is 0 Å². The molecule has 1 atom stereocenters. The van der Waals surface area contributed by atoms with Crippen molar-refractivity contribution in [3.05, 3.63) is 42.0 Å². The molecule has 23 heavy (non-hydrogen) atoms. The van der Waals surface area contributed by atoms with Crippen LogP contribution in [0.25, 0.3) is 6.08 Å². The van der Waals surface area contributed by atoms with Gasteiger partial charge in [0.1, 0.15) is 0 Å². The summed E-state index contributed by atoms with van der Waals surface area (Å²) in [6, 6.07) is 10.3. The van der Waals surface area contributed by atoms with Crippen LogP contribution in [0.1, 0.15) is 37.7 Å². The molecule has 0 saturated heterocycles. The van der Waals surface area contributed by atoms with Crippen molar-refractivity contribution in [2.24, 2.45) is 35.5 Å². The van der Waals surface area contributed by atoms with E-state index in [0.717, 1.165) is 29.2 Å². The summed E-state index contributed by atoms with van der Waals surface area (Å²) in [7, 11) is 1.53. The van der Waals surface area contributed by atoms with Crippen LogP contribution in [0.2, 0.25) is 0 Å². The van der Waals surface area contributed by atoms with E-state index in [1.165, 1.54) is 39.2 Å². The third kappa shape index (κ3) is 2.84. The average Bonchev–Trinajstić information content (AvgIpc) is 2.57. The van der Waals surface area contributed by atoms with Gasteiger partial charge >= 0.3 is 5.97 Å². The van der Waals surface area contributed by atoms with Gasteiger partial charge in [-0.3, -0.25) is 4.79 Å². The molecule has 2 nitrogen and oxygen atoms in total. The van der Waals surface area contributed by atoms with E-state index in [0.29, 0.717) is 5.92 Å². The summed E-state index contributed by atoms with van der Waals surface area (Å²) in [5.41, 5.74) is 1.16. The van der Waals surface area contributed by atoms with Crippen LogP contribution in [-0.2, 0) is 9.53 Å². The molecule has 0 aliphatic heterocycles. The standard InChI is InChI=1S/C21H26O2/c1-23-21(22)19(8-7-14-5-3-2-4-6-14)20-17-10-15-9-16(12-17)13-18(20)11-15/h2-8,15-20H,9-13H2,1H3/t15?,16?,17?,18?,19-,20?/m0/s1. The molecule has 1 aromatic rings. The highest BCUT2D eigenvalue weighted by Crippen LogP contribution is 2.58. The van der Waals surface area contributed by atoms with Gasteiger partial charge in [0.15, 0.2) is 0 Å². The van der Waals surface area contributed by atoms with Crippen LogP contribution in [-0.4, -0.2) is 13.1 Å². The van der Waals surface area contributed by atoms with Gasteiger partial charge in [-0.05, 0) is 67.3 Å². The van der Waals surface area contributed by atoms with Gasteiger partial charge in [-0.15, -0.1) is 0 Å². The van der Waals surface area contributed by atoms with Crippen molar-refractivity contribution in [1.82, 2.24) is 0 Å². The Balaban J connectivity index is 1.59. The minimum absolute atomic E-state index is 0.0466. The zero-order valence-electron chi connectivity index (χ0n) is 13.9. The van der Waals surface area contributed by atoms with Gasteiger partial charge in [-0.25, -0.2) is 0 Å². The number of methoxy groups -OCH3 is 1. The molecule has 0 unspecified atom stereocenters. The molecule has 0 radical (unpaired) electrons. The first-order valence-corrected chi connectivity index (χ1v) is 9.05. The molecule has 0 N–H and O–H groups in total. The Morgan fingerprint density at radius 3 is 2.22 bits per heavy atom. The predicted octanol–water partition coefficient (Wildman–Crippen LogP) is 4.56. The zero-order chi connectivity index (χ0) is 15.8. The van der Waals surface area contributed by atoms with Gasteiger partial charge in [-0.2, -0.15) is 0 Å². The van der Waals surface area contributed by atoms with E-state index in [9.17, 15) is 4.79 Å². The Bertz CT molecular complexity index is 561. The van der Waals surface area contributed by atoms with E-state index in [1.54, 1.807) is 0 Å². The van der Waals surface area contributed by atoms with E-state index in [4.69, 9.17) is 4.74 Å². The van der Waals surface area contributed by atoms with Crippen molar-refractivity contribution in [2.45, 2.75) is 32.1 Å². The number of hydrogen-bond donors (Lipinski definition) is 0. The van der Waals surface area contributed by atoms with Crippen molar-refractivity contribution in [1.29, 1.82) is 0 Å². The Morgan fingerprint density at radius 1 is 1.04 bits per heavy atom. The molecule has 0 aromatic heterocycles. The Kier molecular flexibility index (Phi) is 4.00. The smallest absolute Gasteiger partial charge is 0.312 e. The summed E-state index contributed by atoms with van der Waals surface area (Å²) in [5, 5.41) is 0. The lowest BCUT2D eigenvalue weighted by atomic mass is 9.49. The van der Waals surface area contributed by atoms with Crippen LogP contribution in [0.4, 0.5) is 0 Å². The summed E-state index contributed by atoms with van der Waals surface area (Å²) < 4.78 is 5.17. The normalized spacial score (nSPS) is 36.3. The number of benzene rings is 1. The van der Waals surface area contributed by atoms with Gasteiger partial charge in [0, 0.05) is 0 Å². The summed E-state index contributed by atoms with van der Waals surface area (Å²) in [4.78, 5) is 12.5. The van der Waals surface area contributed by atoms with Gasteiger partial charge in [-0.1, -0.05) is 42.5 Å². The van der Waals surface area contributed by atoms with E-state index in [-0.39, 0.29) is 11.9 Å². The minimum atomic E-state index is -0.0739. The molecule has 4 fully saturated rings. The molecule has 4 saturated carbocycles. The molecule has 122 valence electrons. The predicted molar refractivity (Wildman–Crippen MR) is 91.5 cm³/mol. The average molecular weight is 310 g/mol. The molecule has 4 aliphatic rings. The monoisotopic (exact) mass is 310 g/mol. The van der Waals surface area contributed by atoms with Crippen molar-refractivity contribution in [3.63, 3.8) is 0 Å². The van der Waals surface area contributed by atoms with E-state index >= 15 is 0 Å². The maximum atomic E-state index is 12.5. The molecular weight excluding hydrogens is 284 g/mol. The molecule has 0 spiro atoms. The highest BCUT2D eigenvalue weighted by Gasteiger charge is 2.51. The molecule has 1 aromatic carbocycles. The number of rotatable bonds is 4. The quantitative estimate of drug-likeness (QED) is 0.762. The maximum absolute atomic E-state index is 12.5. The zero-order valence-corrected chi connectivity index (χ0v) is 13.9. The summed E-state index contributed by atoms with van der Waals surface area (Å²) in [5.74, 6) is 3.71. The third-order valence-corrected chi connectivity index (χ3v) is 6.48. The number of carbonyl (C=O) groups excluding carboxylic acids is 1. The van der Waals surface area contributed by atoms with Crippen molar-refractivity contribution < 1.29 is 9.53 Å². The second-order valence-corrected chi connectivity index (χ2v) is 7.83. The highest BCUT2D eigenvalue weighted by molar-refractivity contribution is 5.76. The summed E-state index contributed by atoms with van der Waals surface area (Å²) in [6.45, 7) is 0. The first-order chi connectivity index (χ1) is 11.2. The molecular formula is C21H26O2. The fourth-order valence-corrected chi connectivity index (χ4v) is 5.83. The number of esters is 1. The van der Waals surface area contributed by atoms with Crippen LogP contribution in [0.5, 0.6) is 0 Å². The van der Waals surface area contributed by atoms with Crippen LogP contribution in [0.15, 0.2) is 36.4 Å². The topological polar surface area (TPSA) is 26.3 Å². The number of hydrogen-bond acceptors (Lipinski definition) is 2. The van der Waals surface area contributed by atoms with Crippen LogP contribution < -0.4 is 0 Å². The fraction of sp³-hybridized carbons (Fsp3) is 0.571. The first kappa shape index (κ1) is 15.0. The Hall–Kier alpha value is -1.57. The molecule has 5 rings (SSSR count). The summed E-state index contributed by atoms with van der Waals surface area (Å²) >= 11 is 0. The lowest BCUT2D eigenvalue weighted by Gasteiger charge is -2.55. The number of carbonyl (C=O) groups is 1. The molecule has 4 bridgehead atoms. The fourth-order valence-electron chi connectivity index (χ4n) is 5.83. The van der Waals surface area contributed by atoms with Gasteiger partial charge < -0.3 is 4.74 Å². The third-order valence-electron chi connectivity index (χ3n) is 6.48. The molecule has 2 heteroatoms. The lowest BCUT2D eigenvalue weighted by Crippen LogP contribution is -2.48. The highest BCUT2D eigenvalue weighted by atomic mass is 16.5. The van der Waals surface area contributed by atoms with Crippen molar-refractivity contribution >= 4 is 12.0 Å². The Morgan fingerprint density at radius 2 is 1.65 bits per heavy atom. The largest absolute Gasteiger partial charge is 0.469 e. The van der Waals surface area contributed by atoms with E-state index in [1.807, 2.05) is 18.2 Å². The summed E-state index contributed by atoms with van der Waals surface area (Å²) in [6.07, 6.45) is 11.0. The molecule has 4 aliphatic carbocycles. The second-order valence-electron chi connectivity index (χ2n) is 7.83. The van der Waals surface area contributed by atoms with Crippen molar-refractivity contribution in [2.75, 3.05) is 7.11 Å². The minimum Gasteiger partial charge on any atom is -0.469 e. The first-order valence-electron chi connectivity index (χ1n) is 9.05. The van der Waals surface area contributed by atoms with E-state index in [2.05, 4.69) is 24.3 Å². The van der Waals surface area contributed by atoms with Crippen LogP contribution >= 0.6 is 0 Å². The SMILES string of the molecule is COC(=O)[C@@H](C=Cc1ccccc1)C1C2CC3CC(C2)CC1C3. The molecule has 0 amide bonds. The second kappa shape index (κ2) is 6.14. The molecule has 0 heterocycles. The van der Waals surface area contributed by atoms with E-state index < -0.39 is 0 Å². The van der Waals surface area contributed by atoms with Crippen molar-refractivity contribution in [3.8, 4) is 0 Å². The number of ether oxygens (including phenoxy) is 1. The van der Waals surface area contributed by atoms with Crippen LogP contribution in [0, 0.1) is 35.5 Å². The Labute approximate surface area is 138 Å². The maximum Gasteiger partial charge on any atom is 0.312 e. The van der Waals surface area contributed by atoms with Gasteiger partial charge in [0.25, 0.3) is 0 Å².